The van der Waals surface area contributed by atoms with Crippen molar-refractivity contribution < 1.29 is 4.74 Å². The van der Waals surface area contributed by atoms with Gasteiger partial charge < -0.3 is 9.64 Å². The fourth-order valence-electron chi connectivity index (χ4n) is 12.3. The van der Waals surface area contributed by atoms with Crippen molar-refractivity contribution in [2.45, 2.75) is 20.6 Å². The summed E-state index contributed by atoms with van der Waals surface area (Å²) in [4.78, 5) is 5.12. The smallest absolute Gasteiger partial charge is 0.132 e. The summed E-state index contributed by atoms with van der Waals surface area (Å²) in [7, 11) is 0. The number of thiophene rings is 1. The first-order chi connectivity index (χ1) is 32.7. The van der Waals surface area contributed by atoms with Crippen molar-refractivity contribution in [1.82, 2.24) is 0 Å². The van der Waals surface area contributed by atoms with Crippen LogP contribution in [0.2, 0.25) is 0 Å². The van der Waals surface area contributed by atoms with Crippen molar-refractivity contribution in [2.24, 2.45) is 0 Å². The van der Waals surface area contributed by atoms with Gasteiger partial charge in [-0.25, -0.2) is 0 Å². The number of fused-ring (bicyclic) bond motifs is 21. The molecular weight excluding hydrogens is 839 g/mol. The number of benzene rings is 10. The Hall–Kier alpha value is -7.63. The van der Waals surface area contributed by atoms with E-state index >= 15 is 0 Å². The molecule has 0 saturated carbocycles. The summed E-state index contributed by atoms with van der Waals surface area (Å²) in [5, 5.41) is 2.59. The molecule has 0 radical (unpaired) electrons. The zero-order chi connectivity index (χ0) is 43.1. The predicted octanol–water partition coefficient (Wildman–Crippen LogP) is 16.8. The molecule has 0 N–H and O–H groups in total. The van der Waals surface area contributed by atoms with Crippen molar-refractivity contribution in [2.75, 3.05) is 4.90 Å². The van der Waals surface area contributed by atoms with Crippen LogP contribution in [0.1, 0.15) is 44.5 Å². The van der Waals surface area contributed by atoms with E-state index in [0.717, 1.165) is 28.6 Å². The molecule has 2 aliphatic heterocycles. The van der Waals surface area contributed by atoms with Crippen molar-refractivity contribution >= 4 is 60.3 Å². The average Bonchev–Trinajstić information content (AvgIpc) is 3.99. The lowest BCUT2D eigenvalue weighted by atomic mass is 9.66. The third kappa shape index (κ3) is 4.67. The number of nitrogens with zero attached hydrogens (tertiary/aromatic N) is 1. The molecule has 0 amide bonds. The Balaban J connectivity index is 1.01. The Morgan fingerprint density at radius 3 is 1.50 bits per heavy atom. The zero-order valence-electron chi connectivity index (χ0n) is 35.5. The van der Waals surface area contributed by atoms with E-state index in [0.29, 0.717) is 0 Å². The number of rotatable bonds is 3. The molecule has 3 heterocycles. The molecule has 11 aromatic rings. The van der Waals surface area contributed by atoms with Crippen LogP contribution in [0.4, 0.5) is 17.1 Å². The summed E-state index contributed by atoms with van der Waals surface area (Å²) >= 11 is 3.76. The highest BCUT2D eigenvalue weighted by Gasteiger charge is 2.52. The van der Waals surface area contributed by atoms with Crippen molar-refractivity contribution in [3.05, 3.63) is 269 Å². The van der Waals surface area contributed by atoms with Gasteiger partial charge in [-0.15, -0.1) is 11.3 Å². The third-order valence-electron chi connectivity index (χ3n) is 14.8. The largest absolute Gasteiger partial charge is 0.457 e. The maximum atomic E-state index is 6.67. The molecule has 1 aromatic heterocycles. The monoisotopic (exact) mass is 875 g/mol. The van der Waals surface area contributed by atoms with Gasteiger partial charge in [-0.05, 0) is 122 Å². The second kappa shape index (κ2) is 13.5. The molecule has 0 bridgehead atoms. The molecule has 0 atom stereocenters. The van der Waals surface area contributed by atoms with Crippen molar-refractivity contribution in [3.63, 3.8) is 0 Å². The Bertz CT molecular complexity index is 3790. The summed E-state index contributed by atoms with van der Waals surface area (Å²) in [5.41, 5.74) is 17.6. The summed E-state index contributed by atoms with van der Waals surface area (Å²) in [5.74, 6) is 1.80. The molecule has 10 aromatic carbocycles. The van der Waals surface area contributed by atoms with Crippen molar-refractivity contribution in [1.29, 1.82) is 0 Å². The number of hydrogen-bond donors (Lipinski definition) is 0. The molecule has 66 heavy (non-hydrogen) atoms. The van der Waals surface area contributed by atoms with Gasteiger partial charge in [0.25, 0.3) is 0 Å². The van der Waals surface area contributed by atoms with E-state index in [9.17, 15) is 0 Å². The second-order valence-corrected chi connectivity index (χ2v) is 20.0. The van der Waals surface area contributed by atoms with E-state index in [2.05, 4.69) is 229 Å². The molecule has 2 aliphatic carbocycles. The van der Waals surface area contributed by atoms with Crippen LogP contribution in [0, 0.1) is 0 Å². The number of hydrogen-bond acceptors (Lipinski definition) is 4. The molecule has 4 heteroatoms. The van der Waals surface area contributed by atoms with Crippen molar-refractivity contribution in [3.8, 4) is 33.8 Å². The topological polar surface area (TPSA) is 12.5 Å². The summed E-state index contributed by atoms with van der Waals surface area (Å²) in [6.07, 6.45) is 0. The molecule has 15 rings (SSSR count). The van der Waals surface area contributed by atoms with Crippen LogP contribution in [0.3, 0.4) is 0 Å². The highest BCUT2D eigenvalue weighted by atomic mass is 32.2. The van der Waals surface area contributed by atoms with E-state index < -0.39 is 10.8 Å². The van der Waals surface area contributed by atoms with E-state index in [1.54, 1.807) is 0 Å². The number of ether oxygens (including phenoxy) is 1. The number of para-hydroxylation sites is 2. The normalized spacial score (nSPS) is 14.7. The molecule has 308 valence electrons. The van der Waals surface area contributed by atoms with Crippen LogP contribution in [0.25, 0.3) is 42.4 Å². The SMILES string of the molecule is c1ccc2c(c1)Oc1ccccc1C21c2ccccc2-c2cc(N(c3ccc4c(c3)C3(c5ccccc5Sc5ccccc53)c3ccccc3-4)c3ccc4c(c3)sc3ccccc34)ccc21. The van der Waals surface area contributed by atoms with Crippen LogP contribution in [0.5, 0.6) is 11.5 Å². The maximum Gasteiger partial charge on any atom is 0.132 e. The third-order valence-corrected chi connectivity index (χ3v) is 17.1. The summed E-state index contributed by atoms with van der Waals surface area (Å²) < 4.78 is 9.25. The Kier molecular flexibility index (Phi) is 7.48. The van der Waals surface area contributed by atoms with E-state index in [-0.39, 0.29) is 0 Å². The first kappa shape index (κ1) is 36.7. The van der Waals surface area contributed by atoms with Crippen LogP contribution in [-0.2, 0) is 10.8 Å². The first-order valence-electron chi connectivity index (χ1n) is 22.7. The van der Waals surface area contributed by atoms with Gasteiger partial charge in [-0.3, -0.25) is 0 Å². The Labute approximate surface area is 391 Å². The molecule has 0 saturated heterocycles. The van der Waals surface area contributed by atoms with E-state index in [1.165, 1.54) is 96.7 Å². The van der Waals surface area contributed by atoms with Gasteiger partial charge in [0.2, 0.25) is 0 Å². The fraction of sp³-hybridized carbons (Fsp3) is 0.0323. The lowest BCUT2D eigenvalue weighted by Crippen LogP contribution is -2.32. The van der Waals surface area contributed by atoms with Crippen LogP contribution in [-0.4, -0.2) is 0 Å². The van der Waals surface area contributed by atoms with Gasteiger partial charge >= 0.3 is 0 Å². The minimum absolute atomic E-state index is 0.492. The Morgan fingerprint density at radius 1 is 0.318 bits per heavy atom. The van der Waals surface area contributed by atoms with Crippen LogP contribution < -0.4 is 9.64 Å². The first-order valence-corrected chi connectivity index (χ1v) is 24.3. The van der Waals surface area contributed by atoms with Gasteiger partial charge in [0.05, 0.1) is 10.8 Å². The fourth-order valence-corrected chi connectivity index (χ4v) is 14.6. The maximum absolute atomic E-state index is 6.67. The number of anilines is 3. The van der Waals surface area contributed by atoms with Gasteiger partial charge in [0.15, 0.2) is 0 Å². The van der Waals surface area contributed by atoms with Gasteiger partial charge in [0, 0.05) is 58.2 Å². The van der Waals surface area contributed by atoms with Crippen LogP contribution in [0.15, 0.2) is 234 Å². The molecule has 0 unspecified atom stereocenters. The van der Waals surface area contributed by atoms with Gasteiger partial charge in [-0.2, -0.15) is 0 Å². The predicted molar refractivity (Wildman–Crippen MR) is 273 cm³/mol. The summed E-state index contributed by atoms with van der Waals surface area (Å²) in [6, 6.07) is 83.9. The second-order valence-electron chi connectivity index (χ2n) is 17.9. The highest BCUT2D eigenvalue weighted by Crippen LogP contribution is 2.65. The lowest BCUT2D eigenvalue weighted by molar-refractivity contribution is 0.436. The molecule has 2 spiro atoms. The zero-order valence-corrected chi connectivity index (χ0v) is 37.2. The highest BCUT2D eigenvalue weighted by molar-refractivity contribution is 7.99. The van der Waals surface area contributed by atoms with E-state index in [1.807, 2.05) is 23.1 Å². The van der Waals surface area contributed by atoms with Crippen LogP contribution >= 0.6 is 23.1 Å². The molecular formula is C62H37NOS2. The lowest BCUT2D eigenvalue weighted by Gasteiger charge is -2.40. The van der Waals surface area contributed by atoms with Gasteiger partial charge in [0.1, 0.15) is 11.5 Å². The van der Waals surface area contributed by atoms with E-state index in [4.69, 9.17) is 4.74 Å². The molecule has 2 nitrogen and oxygen atoms in total. The van der Waals surface area contributed by atoms with Gasteiger partial charge in [-0.1, -0.05) is 169 Å². The average molecular weight is 876 g/mol. The standard InChI is InChI=1S/C62H37NOS2/c1-4-18-47-41(15-1)43-32-29-39(36-54(43)62(47)52-22-8-13-27-58(52)66-59-28-14-9-23-53(59)62)63(40-30-33-45-44-17-3-12-26-57(44)65-60(45)37-40)38-31-34-49-46(35-38)42-16-2-5-19-48(42)61(49)50-20-6-10-24-55(50)64-56-25-11-7-21-51(56)61/h1-37H. The minimum atomic E-state index is -0.539. The quantitative estimate of drug-likeness (QED) is 0.175. The Morgan fingerprint density at radius 2 is 0.788 bits per heavy atom. The minimum Gasteiger partial charge on any atom is -0.457 e. The molecule has 0 fully saturated rings. The molecule has 4 aliphatic rings. The summed E-state index contributed by atoms with van der Waals surface area (Å²) in [6.45, 7) is 0.